The Bertz CT molecular complexity index is 1240. The molecule has 0 saturated carbocycles. The number of hydrazone groups is 1. The van der Waals surface area contributed by atoms with E-state index in [1.165, 1.54) is 0 Å². The van der Waals surface area contributed by atoms with Gasteiger partial charge in [-0.1, -0.05) is 29.3 Å². The third-order valence-corrected chi connectivity index (χ3v) is 5.85. The molecule has 0 atom stereocenters. The van der Waals surface area contributed by atoms with Crippen molar-refractivity contribution in [2.45, 2.75) is 40.0 Å². The third kappa shape index (κ3) is 4.46. The smallest absolute Gasteiger partial charge is 0.379 e. The largest absolute Gasteiger partial charge is 0.453 e. The van der Waals surface area contributed by atoms with E-state index in [1.54, 1.807) is 37.3 Å². The minimum absolute atomic E-state index is 0.141. The Morgan fingerprint density at radius 3 is 2.66 bits per heavy atom. The van der Waals surface area contributed by atoms with Gasteiger partial charge in [0.2, 0.25) is 5.76 Å². The minimum atomic E-state index is -0.582. The molecule has 0 bridgehead atoms. The number of rotatable bonds is 4. The van der Waals surface area contributed by atoms with Gasteiger partial charge in [-0.2, -0.15) is 5.10 Å². The van der Waals surface area contributed by atoms with Gasteiger partial charge in [-0.3, -0.25) is 4.79 Å². The summed E-state index contributed by atoms with van der Waals surface area (Å²) >= 11 is 6.04. The van der Waals surface area contributed by atoms with Crippen molar-refractivity contribution in [3.63, 3.8) is 0 Å². The van der Waals surface area contributed by atoms with Crippen LogP contribution in [0.1, 0.15) is 61.8 Å². The first-order valence-corrected chi connectivity index (χ1v) is 10.8. The van der Waals surface area contributed by atoms with E-state index in [-0.39, 0.29) is 11.7 Å². The summed E-state index contributed by atoms with van der Waals surface area (Å²) in [5.41, 5.74) is 7.08. The molecule has 0 unspecified atom stereocenters. The summed E-state index contributed by atoms with van der Waals surface area (Å²) in [6.45, 7) is 5.57. The van der Waals surface area contributed by atoms with Crippen molar-refractivity contribution in [2.75, 3.05) is 0 Å². The number of fused-ring (bicyclic) bond motifs is 1. The average molecular weight is 451 g/mol. The van der Waals surface area contributed by atoms with Crippen molar-refractivity contribution in [3.05, 3.63) is 86.8 Å². The number of hydrogen-bond donors (Lipinski definition) is 1. The number of halogens is 1. The van der Waals surface area contributed by atoms with E-state index in [4.69, 9.17) is 20.8 Å². The quantitative estimate of drug-likeness (QED) is 0.321. The topological polar surface area (TPSA) is 80.9 Å². The SMILES string of the molecule is Cc1cccc(C(=O)N/N=C2\CCCc3oc(C(=O)Oc4ccc(Cl)c(C)c4)c(C)c32)c1. The standard InChI is InChI=1S/C25H23ClN2O4/c1-14-6-4-7-17(12-14)24(29)28-27-20-8-5-9-21-22(20)16(3)23(32-21)25(30)31-18-10-11-19(26)15(2)13-18/h4,6-7,10-13H,5,8-9H2,1-3H3,(H,28,29)/b27-20+. The Hall–Kier alpha value is -3.38. The first-order valence-electron chi connectivity index (χ1n) is 10.4. The fourth-order valence-electron chi connectivity index (χ4n) is 3.78. The molecule has 1 amide bonds. The number of hydrogen-bond acceptors (Lipinski definition) is 5. The van der Waals surface area contributed by atoms with Gasteiger partial charge < -0.3 is 9.15 Å². The number of benzene rings is 2. The van der Waals surface area contributed by atoms with Gasteiger partial charge in [0.15, 0.2) is 0 Å². The minimum Gasteiger partial charge on any atom is -0.453 e. The molecule has 0 spiro atoms. The predicted octanol–water partition coefficient (Wildman–Crippen LogP) is 5.55. The van der Waals surface area contributed by atoms with Gasteiger partial charge in [-0.25, -0.2) is 10.2 Å². The Balaban J connectivity index is 1.57. The van der Waals surface area contributed by atoms with E-state index in [9.17, 15) is 9.59 Å². The Morgan fingerprint density at radius 2 is 1.91 bits per heavy atom. The number of amides is 1. The van der Waals surface area contributed by atoms with Crippen LogP contribution in [-0.2, 0) is 6.42 Å². The molecule has 164 valence electrons. The molecule has 1 aliphatic carbocycles. The lowest BCUT2D eigenvalue weighted by atomic mass is 9.93. The molecule has 1 heterocycles. The Morgan fingerprint density at radius 1 is 1.09 bits per heavy atom. The fraction of sp³-hybridized carbons (Fsp3) is 0.240. The molecule has 6 nitrogen and oxygen atoms in total. The summed E-state index contributed by atoms with van der Waals surface area (Å²) in [7, 11) is 0. The first-order chi connectivity index (χ1) is 15.3. The van der Waals surface area contributed by atoms with Crippen molar-refractivity contribution >= 4 is 29.2 Å². The van der Waals surface area contributed by atoms with Crippen LogP contribution in [0, 0.1) is 20.8 Å². The molecule has 7 heteroatoms. The van der Waals surface area contributed by atoms with Gasteiger partial charge in [-0.15, -0.1) is 0 Å². The maximum Gasteiger partial charge on any atom is 0.379 e. The number of aryl methyl sites for hydroxylation is 3. The Kier molecular flexibility index (Phi) is 6.15. The highest BCUT2D eigenvalue weighted by Crippen LogP contribution is 2.31. The zero-order valence-corrected chi connectivity index (χ0v) is 18.9. The number of esters is 1. The number of nitrogens with one attached hydrogen (secondary N) is 1. The average Bonchev–Trinajstić information content (AvgIpc) is 3.12. The van der Waals surface area contributed by atoms with Crippen LogP contribution in [0.3, 0.4) is 0 Å². The molecule has 1 N–H and O–H groups in total. The van der Waals surface area contributed by atoms with Gasteiger partial charge in [0.05, 0.1) is 5.71 Å². The van der Waals surface area contributed by atoms with E-state index in [0.29, 0.717) is 46.2 Å². The first kappa shape index (κ1) is 21.8. The van der Waals surface area contributed by atoms with Crippen molar-refractivity contribution in [1.82, 2.24) is 5.43 Å². The normalized spacial score (nSPS) is 14.2. The highest BCUT2D eigenvalue weighted by atomic mass is 35.5. The van der Waals surface area contributed by atoms with E-state index >= 15 is 0 Å². The summed E-state index contributed by atoms with van der Waals surface area (Å²) in [5, 5.41) is 4.96. The summed E-state index contributed by atoms with van der Waals surface area (Å²) in [5.74, 6) is 0.345. The summed E-state index contributed by atoms with van der Waals surface area (Å²) in [6.07, 6.45) is 2.17. The predicted molar refractivity (Wildman–Crippen MR) is 123 cm³/mol. The van der Waals surface area contributed by atoms with Crippen LogP contribution in [0.4, 0.5) is 0 Å². The van der Waals surface area contributed by atoms with Crippen LogP contribution in [0.5, 0.6) is 5.75 Å². The maximum atomic E-state index is 12.8. The van der Waals surface area contributed by atoms with E-state index < -0.39 is 5.97 Å². The molecule has 1 aromatic heterocycles. The molecule has 0 fully saturated rings. The van der Waals surface area contributed by atoms with Gasteiger partial charge in [0, 0.05) is 28.1 Å². The highest BCUT2D eigenvalue weighted by Gasteiger charge is 2.29. The van der Waals surface area contributed by atoms with Crippen LogP contribution in [-0.4, -0.2) is 17.6 Å². The molecule has 0 saturated heterocycles. The van der Waals surface area contributed by atoms with Gasteiger partial charge in [-0.05, 0) is 69.5 Å². The number of furan rings is 1. The van der Waals surface area contributed by atoms with Gasteiger partial charge in [0.25, 0.3) is 5.91 Å². The third-order valence-electron chi connectivity index (χ3n) is 5.42. The van der Waals surface area contributed by atoms with Crippen molar-refractivity contribution in [1.29, 1.82) is 0 Å². The monoisotopic (exact) mass is 450 g/mol. The van der Waals surface area contributed by atoms with Crippen LogP contribution in [0.15, 0.2) is 52.0 Å². The molecule has 2 aromatic carbocycles. The van der Waals surface area contributed by atoms with Crippen molar-refractivity contribution in [2.24, 2.45) is 5.10 Å². The van der Waals surface area contributed by atoms with E-state index in [0.717, 1.165) is 23.1 Å². The molecule has 0 radical (unpaired) electrons. The second-order valence-electron chi connectivity index (χ2n) is 7.88. The van der Waals surface area contributed by atoms with Crippen LogP contribution >= 0.6 is 11.6 Å². The lowest BCUT2D eigenvalue weighted by Crippen LogP contribution is -2.22. The second-order valence-corrected chi connectivity index (χ2v) is 8.28. The van der Waals surface area contributed by atoms with E-state index in [1.807, 2.05) is 26.0 Å². The summed E-state index contributed by atoms with van der Waals surface area (Å²) in [6, 6.07) is 12.3. The van der Waals surface area contributed by atoms with Crippen LogP contribution < -0.4 is 10.2 Å². The molecule has 3 aromatic rings. The maximum absolute atomic E-state index is 12.8. The molecule has 0 aliphatic heterocycles. The lowest BCUT2D eigenvalue weighted by molar-refractivity contribution is 0.0698. The number of nitrogens with zero attached hydrogens (tertiary/aromatic N) is 1. The van der Waals surface area contributed by atoms with Crippen molar-refractivity contribution < 1.29 is 18.7 Å². The zero-order chi connectivity index (χ0) is 22.8. The molecule has 1 aliphatic rings. The number of carbonyl (C=O) groups excluding carboxylic acids is 2. The number of carbonyl (C=O) groups is 2. The molecule has 4 rings (SSSR count). The zero-order valence-electron chi connectivity index (χ0n) is 18.1. The van der Waals surface area contributed by atoms with Crippen molar-refractivity contribution in [3.8, 4) is 5.75 Å². The molecule has 32 heavy (non-hydrogen) atoms. The van der Waals surface area contributed by atoms with Crippen LogP contribution in [0.2, 0.25) is 5.02 Å². The van der Waals surface area contributed by atoms with E-state index in [2.05, 4.69) is 10.5 Å². The summed E-state index contributed by atoms with van der Waals surface area (Å²) in [4.78, 5) is 25.3. The number of ether oxygens (including phenoxy) is 1. The highest BCUT2D eigenvalue weighted by molar-refractivity contribution is 6.31. The van der Waals surface area contributed by atoms with Crippen LogP contribution in [0.25, 0.3) is 0 Å². The molecular formula is C25H23ClN2O4. The van der Waals surface area contributed by atoms with Gasteiger partial charge >= 0.3 is 5.97 Å². The Labute approximate surface area is 191 Å². The molecular weight excluding hydrogens is 428 g/mol. The van der Waals surface area contributed by atoms with Gasteiger partial charge in [0.1, 0.15) is 11.5 Å². The second kappa shape index (κ2) is 9.01. The fourth-order valence-corrected chi connectivity index (χ4v) is 3.90. The summed E-state index contributed by atoms with van der Waals surface area (Å²) < 4.78 is 11.4. The lowest BCUT2D eigenvalue weighted by Gasteiger charge is -2.13.